The third-order valence-electron chi connectivity index (χ3n) is 4.15. The van der Waals surface area contributed by atoms with Crippen LogP contribution in [0.1, 0.15) is 29.4 Å². The highest BCUT2D eigenvalue weighted by atomic mass is 16.3. The summed E-state index contributed by atoms with van der Waals surface area (Å²) >= 11 is 0. The summed E-state index contributed by atoms with van der Waals surface area (Å²) < 4.78 is 5.64. The van der Waals surface area contributed by atoms with E-state index >= 15 is 0 Å². The molecule has 2 bridgehead atoms. The Balaban J connectivity index is 1.93. The average Bonchev–Trinajstić information content (AvgIpc) is 2.66. The van der Waals surface area contributed by atoms with Crippen molar-refractivity contribution in [3.05, 3.63) is 29.2 Å². The summed E-state index contributed by atoms with van der Waals surface area (Å²) in [5.74, 6) is 2.25. The van der Waals surface area contributed by atoms with E-state index in [1.165, 1.54) is 30.5 Å². The molecule has 1 saturated heterocycles. The molecule has 2 atom stereocenters. The molecule has 3 heteroatoms. The maximum absolute atomic E-state index is 5.64. The minimum atomic E-state index is 0.673. The first-order valence-electron chi connectivity index (χ1n) is 6.40. The van der Waals surface area contributed by atoms with Gasteiger partial charge in [-0.15, -0.1) is 0 Å². The van der Waals surface area contributed by atoms with E-state index in [4.69, 9.17) is 4.42 Å². The molecular formula is C14H16N2O. The van der Waals surface area contributed by atoms with Crippen molar-refractivity contribution in [2.45, 2.75) is 25.7 Å². The molecule has 0 spiro atoms. The fourth-order valence-corrected chi connectivity index (χ4v) is 3.44. The van der Waals surface area contributed by atoms with Crippen molar-refractivity contribution >= 4 is 11.1 Å². The number of rotatable bonds is 0. The minimum Gasteiger partial charge on any atom is -0.441 e. The zero-order valence-corrected chi connectivity index (χ0v) is 9.99. The number of aromatic nitrogens is 1. The second kappa shape index (κ2) is 3.33. The van der Waals surface area contributed by atoms with Crippen LogP contribution in [0.15, 0.2) is 16.5 Å². The minimum absolute atomic E-state index is 0.673. The van der Waals surface area contributed by atoms with Crippen LogP contribution in [-0.2, 0) is 6.42 Å². The Hall–Kier alpha value is -1.35. The van der Waals surface area contributed by atoms with Crippen LogP contribution in [0.3, 0.4) is 0 Å². The van der Waals surface area contributed by atoms with Crippen LogP contribution in [0.4, 0.5) is 0 Å². The third kappa shape index (κ3) is 1.42. The van der Waals surface area contributed by atoms with Gasteiger partial charge < -0.3 is 9.73 Å². The lowest BCUT2D eigenvalue weighted by atomic mass is 9.74. The molecule has 3 nitrogen and oxygen atoms in total. The molecule has 2 unspecified atom stereocenters. The quantitative estimate of drug-likeness (QED) is 0.752. The van der Waals surface area contributed by atoms with Gasteiger partial charge in [-0.2, -0.15) is 0 Å². The fraction of sp³-hybridized carbons (Fsp3) is 0.500. The molecule has 1 aliphatic heterocycles. The summed E-state index contributed by atoms with van der Waals surface area (Å²) in [6.45, 7) is 4.20. The molecule has 2 aliphatic rings. The SMILES string of the molecule is Cc1nc2cc3c(cc2o1)C1CNCC(C3)C1. The van der Waals surface area contributed by atoms with Crippen molar-refractivity contribution in [2.24, 2.45) is 5.92 Å². The van der Waals surface area contributed by atoms with Gasteiger partial charge in [-0.3, -0.25) is 0 Å². The second-order valence-corrected chi connectivity index (χ2v) is 5.41. The van der Waals surface area contributed by atoms with Crippen LogP contribution in [0.5, 0.6) is 0 Å². The maximum Gasteiger partial charge on any atom is 0.192 e. The lowest BCUT2D eigenvalue weighted by molar-refractivity contribution is 0.318. The van der Waals surface area contributed by atoms with Crippen LogP contribution in [-0.4, -0.2) is 18.1 Å². The van der Waals surface area contributed by atoms with Gasteiger partial charge in [0.1, 0.15) is 5.52 Å². The van der Waals surface area contributed by atoms with Gasteiger partial charge in [0.05, 0.1) is 0 Å². The van der Waals surface area contributed by atoms with E-state index in [1.807, 2.05) is 6.92 Å². The van der Waals surface area contributed by atoms with E-state index < -0.39 is 0 Å². The molecule has 1 N–H and O–H groups in total. The zero-order chi connectivity index (χ0) is 11.4. The highest BCUT2D eigenvalue weighted by Crippen LogP contribution is 2.38. The largest absolute Gasteiger partial charge is 0.441 e. The Bertz CT molecular complexity index is 587. The highest BCUT2D eigenvalue weighted by Gasteiger charge is 2.30. The van der Waals surface area contributed by atoms with E-state index in [9.17, 15) is 0 Å². The molecular weight excluding hydrogens is 212 g/mol. The molecule has 88 valence electrons. The van der Waals surface area contributed by atoms with Gasteiger partial charge in [-0.1, -0.05) is 0 Å². The summed E-state index contributed by atoms with van der Waals surface area (Å²) in [6, 6.07) is 4.46. The number of piperidine rings is 1. The van der Waals surface area contributed by atoms with Gasteiger partial charge in [0.25, 0.3) is 0 Å². The third-order valence-corrected chi connectivity index (χ3v) is 4.15. The molecule has 0 saturated carbocycles. The molecule has 0 amide bonds. The Morgan fingerprint density at radius 3 is 3.24 bits per heavy atom. The number of nitrogens with one attached hydrogen (secondary N) is 1. The van der Waals surface area contributed by atoms with E-state index in [0.717, 1.165) is 29.5 Å². The van der Waals surface area contributed by atoms with Gasteiger partial charge in [-0.05, 0) is 54.5 Å². The molecule has 1 fully saturated rings. The van der Waals surface area contributed by atoms with E-state index in [2.05, 4.69) is 22.4 Å². The number of nitrogens with zero attached hydrogens (tertiary/aromatic N) is 1. The normalized spacial score (nSPS) is 27.1. The van der Waals surface area contributed by atoms with Crippen molar-refractivity contribution in [1.82, 2.24) is 10.3 Å². The van der Waals surface area contributed by atoms with Gasteiger partial charge in [0.15, 0.2) is 11.5 Å². The standard InChI is InChI=1S/C14H16N2O/c1-8-16-13-4-10-2-9-3-11(7-15-6-9)12(10)5-14(13)17-8/h4-5,9,11,15H,2-3,6-7H2,1H3. The smallest absolute Gasteiger partial charge is 0.192 e. The van der Waals surface area contributed by atoms with Crippen LogP contribution >= 0.6 is 0 Å². The average molecular weight is 228 g/mol. The zero-order valence-electron chi connectivity index (χ0n) is 9.99. The molecule has 1 aromatic carbocycles. The first-order valence-corrected chi connectivity index (χ1v) is 6.40. The van der Waals surface area contributed by atoms with Crippen molar-refractivity contribution in [3.8, 4) is 0 Å². The Morgan fingerprint density at radius 2 is 2.29 bits per heavy atom. The van der Waals surface area contributed by atoms with Gasteiger partial charge in [0.2, 0.25) is 0 Å². The maximum atomic E-state index is 5.64. The molecule has 17 heavy (non-hydrogen) atoms. The number of oxazole rings is 1. The Kier molecular flexibility index (Phi) is 1.89. The summed E-state index contributed by atoms with van der Waals surface area (Å²) in [5, 5.41) is 3.53. The molecule has 2 heterocycles. The number of hydrogen-bond acceptors (Lipinski definition) is 3. The molecule has 4 rings (SSSR count). The topological polar surface area (TPSA) is 38.1 Å². The molecule has 2 aromatic rings. The van der Waals surface area contributed by atoms with E-state index in [1.54, 1.807) is 0 Å². The highest BCUT2D eigenvalue weighted by molar-refractivity contribution is 5.75. The van der Waals surface area contributed by atoms with Crippen molar-refractivity contribution in [3.63, 3.8) is 0 Å². The second-order valence-electron chi connectivity index (χ2n) is 5.41. The molecule has 0 radical (unpaired) electrons. The van der Waals surface area contributed by atoms with Crippen molar-refractivity contribution in [1.29, 1.82) is 0 Å². The first-order chi connectivity index (χ1) is 8.29. The predicted molar refractivity (Wildman–Crippen MR) is 66.2 cm³/mol. The van der Waals surface area contributed by atoms with Crippen LogP contribution in [0, 0.1) is 12.8 Å². The fourth-order valence-electron chi connectivity index (χ4n) is 3.44. The monoisotopic (exact) mass is 228 g/mol. The lowest BCUT2D eigenvalue weighted by Gasteiger charge is -2.36. The lowest BCUT2D eigenvalue weighted by Crippen LogP contribution is -2.39. The van der Waals surface area contributed by atoms with Crippen LogP contribution < -0.4 is 5.32 Å². The summed E-state index contributed by atoms with van der Waals surface area (Å²) in [4.78, 5) is 4.43. The molecule has 1 aromatic heterocycles. The van der Waals surface area contributed by atoms with Crippen LogP contribution in [0.2, 0.25) is 0 Å². The number of benzene rings is 1. The van der Waals surface area contributed by atoms with Gasteiger partial charge in [-0.25, -0.2) is 4.98 Å². The van der Waals surface area contributed by atoms with Crippen molar-refractivity contribution < 1.29 is 4.42 Å². The predicted octanol–water partition coefficient (Wildman–Crippen LogP) is 2.39. The summed E-state index contributed by atoms with van der Waals surface area (Å²) in [5.41, 5.74) is 4.95. The number of hydrogen-bond donors (Lipinski definition) is 1. The molecule has 1 aliphatic carbocycles. The number of fused-ring (bicyclic) bond motifs is 5. The van der Waals surface area contributed by atoms with E-state index in [-0.39, 0.29) is 0 Å². The van der Waals surface area contributed by atoms with Crippen molar-refractivity contribution in [2.75, 3.05) is 13.1 Å². The van der Waals surface area contributed by atoms with E-state index in [0.29, 0.717) is 5.92 Å². The Morgan fingerprint density at radius 1 is 1.35 bits per heavy atom. The van der Waals surface area contributed by atoms with Crippen LogP contribution in [0.25, 0.3) is 11.1 Å². The Labute approximate surface area is 100 Å². The van der Waals surface area contributed by atoms with Gasteiger partial charge in [0, 0.05) is 13.5 Å². The first kappa shape index (κ1) is 9.66. The van der Waals surface area contributed by atoms with Gasteiger partial charge >= 0.3 is 0 Å². The summed E-state index contributed by atoms with van der Waals surface area (Å²) in [6.07, 6.45) is 2.53. The number of aryl methyl sites for hydroxylation is 1. The summed E-state index contributed by atoms with van der Waals surface area (Å²) in [7, 11) is 0.